The molecule has 1 fully saturated rings. The lowest BCUT2D eigenvalue weighted by atomic mass is 10.1. The van der Waals surface area contributed by atoms with Crippen LogP contribution in [-0.4, -0.2) is 11.6 Å². The molecule has 4 heteroatoms. The number of rotatable bonds is 3. The summed E-state index contributed by atoms with van der Waals surface area (Å²) in [5, 5.41) is 4.65. The highest BCUT2D eigenvalue weighted by molar-refractivity contribution is 5.23. The van der Waals surface area contributed by atoms with E-state index in [2.05, 4.69) is 5.29 Å². The van der Waals surface area contributed by atoms with Gasteiger partial charge in [0, 0.05) is 5.56 Å². The molecule has 3 rings (SSSR count). The van der Waals surface area contributed by atoms with Crippen LogP contribution in [0.5, 0.6) is 0 Å². The molecule has 96 valence electrons. The monoisotopic (exact) mass is 254 g/mol. The van der Waals surface area contributed by atoms with Crippen LogP contribution >= 0.6 is 0 Å². The van der Waals surface area contributed by atoms with Crippen LogP contribution in [-0.2, 0) is 4.74 Å². The first-order chi connectivity index (χ1) is 9.40. The van der Waals surface area contributed by atoms with Gasteiger partial charge in [-0.3, -0.25) is 0 Å². The molecule has 2 aromatic carbocycles. The Labute approximate surface area is 111 Å². The minimum Gasteiger partial charge on any atom is -0.350 e. The Morgan fingerprint density at radius 3 is 2.11 bits per heavy atom. The molecule has 2 aromatic rings. The molecule has 1 saturated heterocycles. The van der Waals surface area contributed by atoms with Gasteiger partial charge in [-0.2, -0.15) is 0 Å². The predicted octanol–water partition coefficient (Wildman–Crippen LogP) is 3.44. The van der Waals surface area contributed by atoms with E-state index in [-0.39, 0.29) is 6.04 Å². The number of nitrogens with zero attached hydrogens (tertiary/aromatic N) is 2. The van der Waals surface area contributed by atoms with Crippen molar-refractivity contribution in [3.8, 4) is 0 Å². The maximum absolute atomic E-state index is 11.2. The number of hydrogen-bond donors (Lipinski definition) is 0. The molecule has 0 spiro atoms. The summed E-state index contributed by atoms with van der Waals surface area (Å²) in [4.78, 5) is 11.2. The van der Waals surface area contributed by atoms with Crippen LogP contribution in [0.15, 0.2) is 65.9 Å². The van der Waals surface area contributed by atoms with Gasteiger partial charge in [0.2, 0.25) is 0 Å². The van der Waals surface area contributed by atoms with E-state index in [1.807, 2.05) is 60.7 Å². The van der Waals surface area contributed by atoms with Gasteiger partial charge in [0.05, 0.1) is 11.9 Å². The van der Waals surface area contributed by atoms with Crippen molar-refractivity contribution in [3.05, 3.63) is 76.7 Å². The summed E-state index contributed by atoms with van der Waals surface area (Å²) in [5.74, 6) is 0. The molecule has 0 saturated carbocycles. The maximum Gasteiger partial charge on any atom is 0.175 e. The van der Waals surface area contributed by atoms with Gasteiger partial charge >= 0.3 is 0 Å². The van der Waals surface area contributed by atoms with E-state index < -0.39 is 6.23 Å². The summed E-state index contributed by atoms with van der Waals surface area (Å²) in [7, 11) is 0. The first-order valence-corrected chi connectivity index (χ1v) is 6.23. The van der Waals surface area contributed by atoms with Gasteiger partial charge in [-0.1, -0.05) is 60.7 Å². The second-order valence-corrected chi connectivity index (χ2v) is 4.48. The number of benzene rings is 2. The van der Waals surface area contributed by atoms with Crippen molar-refractivity contribution in [1.82, 2.24) is 5.01 Å². The third kappa shape index (κ3) is 2.22. The highest BCUT2D eigenvalue weighted by Gasteiger charge is 2.36. The van der Waals surface area contributed by atoms with E-state index >= 15 is 0 Å². The number of ether oxygens (including phenoxy) is 1. The molecule has 2 atom stereocenters. The topological polar surface area (TPSA) is 41.9 Å². The Hall–Kier alpha value is -2.20. The molecule has 0 aromatic heterocycles. The van der Waals surface area contributed by atoms with E-state index in [0.717, 1.165) is 11.1 Å². The fourth-order valence-corrected chi connectivity index (χ4v) is 2.39. The Kier molecular flexibility index (Phi) is 3.25. The maximum atomic E-state index is 11.2. The van der Waals surface area contributed by atoms with E-state index in [0.29, 0.717) is 6.61 Å². The van der Waals surface area contributed by atoms with Crippen LogP contribution in [0, 0.1) is 4.91 Å². The van der Waals surface area contributed by atoms with Crippen molar-refractivity contribution in [2.75, 3.05) is 6.61 Å². The largest absolute Gasteiger partial charge is 0.350 e. The molecule has 0 radical (unpaired) electrons. The number of hydrogen-bond acceptors (Lipinski definition) is 3. The zero-order valence-electron chi connectivity index (χ0n) is 10.3. The Morgan fingerprint density at radius 2 is 1.53 bits per heavy atom. The molecular formula is C15H14N2O2. The van der Waals surface area contributed by atoms with Crippen molar-refractivity contribution in [1.29, 1.82) is 0 Å². The molecule has 0 unspecified atom stereocenters. The fraction of sp³-hybridized carbons (Fsp3) is 0.200. The average Bonchev–Trinajstić information content (AvgIpc) is 2.93. The van der Waals surface area contributed by atoms with Crippen LogP contribution < -0.4 is 0 Å². The third-order valence-electron chi connectivity index (χ3n) is 3.33. The minimum atomic E-state index is -0.399. The summed E-state index contributed by atoms with van der Waals surface area (Å²) >= 11 is 0. The van der Waals surface area contributed by atoms with Crippen molar-refractivity contribution >= 4 is 0 Å². The van der Waals surface area contributed by atoms with E-state index in [1.165, 1.54) is 5.01 Å². The second kappa shape index (κ2) is 5.20. The normalized spacial score (nSPS) is 22.4. The van der Waals surface area contributed by atoms with E-state index in [1.54, 1.807) is 0 Å². The molecular weight excluding hydrogens is 240 g/mol. The zero-order chi connectivity index (χ0) is 13.1. The fourth-order valence-electron chi connectivity index (χ4n) is 2.39. The van der Waals surface area contributed by atoms with E-state index in [9.17, 15) is 4.91 Å². The molecule has 0 N–H and O–H groups in total. The van der Waals surface area contributed by atoms with Gasteiger partial charge in [0.1, 0.15) is 6.04 Å². The van der Waals surface area contributed by atoms with Gasteiger partial charge in [-0.25, -0.2) is 5.01 Å². The Morgan fingerprint density at radius 1 is 0.947 bits per heavy atom. The second-order valence-electron chi connectivity index (χ2n) is 4.48. The SMILES string of the molecule is O=NN1[C@@H](c2ccccc2)CO[C@H]1c1ccccc1. The lowest BCUT2D eigenvalue weighted by Crippen LogP contribution is -2.21. The zero-order valence-corrected chi connectivity index (χ0v) is 10.3. The van der Waals surface area contributed by atoms with Crippen LogP contribution in [0.1, 0.15) is 23.4 Å². The van der Waals surface area contributed by atoms with Gasteiger partial charge in [0.15, 0.2) is 6.23 Å². The lowest BCUT2D eigenvalue weighted by molar-refractivity contribution is 0.0294. The van der Waals surface area contributed by atoms with Crippen LogP contribution in [0.4, 0.5) is 0 Å². The van der Waals surface area contributed by atoms with Gasteiger partial charge < -0.3 is 4.74 Å². The minimum absolute atomic E-state index is 0.121. The molecule has 0 bridgehead atoms. The highest BCUT2D eigenvalue weighted by Crippen LogP contribution is 2.38. The van der Waals surface area contributed by atoms with Gasteiger partial charge in [-0.05, 0) is 5.56 Å². The van der Waals surface area contributed by atoms with E-state index in [4.69, 9.17) is 4.74 Å². The molecule has 1 aliphatic heterocycles. The van der Waals surface area contributed by atoms with Gasteiger partial charge in [0.25, 0.3) is 0 Å². The van der Waals surface area contributed by atoms with Crippen molar-refractivity contribution in [2.45, 2.75) is 12.3 Å². The first kappa shape index (κ1) is 11.9. The smallest absolute Gasteiger partial charge is 0.175 e. The average molecular weight is 254 g/mol. The standard InChI is InChI=1S/C15H14N2O2/c18-16-17-14(12-7-3-1-4-8-12)11-19-15(17)13-9-5-2-6-10-13/h1-10,14-15H,11H2/t14-,15+/m1/s1. The Balaban J connectivity index is 1.89. The summed E-state index contributed by atoms with van der Waals surface area (Å²) in [6, 6.07) is 19.4. The van der Waals surface area contributed by atoms with Crippen LogP contribution in [0.25, 0.3) is 0 Å². The lowest BCUT2D eigenvalue weighted by Gasteiger charge is -2.22. The summed E-state index contributed by atoms with van der Waals surface area (Å²) in [5.41, 5.74) is 1.99. The van der Waals surface area contributed by atoms with Crippen molar-refractivity contribution in [3.63, 3.8) is 0 Å². The highest BCUT2D eigenvalue weighted by atomic mass is 16.5. The molecule has 0 aliphatic carbocycles. The molecule has 1 aliphatic rings. The molecule has 0 amide bonds. The summed E-state index contributed by atoms with van der Waals surface area (Å²) < 4.78 is 5.74. The summed E-state index contributed by atoms with van der Waals surface area (Å²) in [6.45, 7) is 0.468. The van der Waals surface area contributed by atoms with Crippen LogP contribution in [0.2, 0.25) is 0 Å². The molecule has 19 heavy (non-hydrogen) atoms. The van der Waals surface area contributed by atoms with Crippen LogP contribution in [0.3, 0.4) is 0 Å². The van der Waals surface area contributed by atoms with Gasteiger partial charge in [-0.15, -0.1) is 4.91 Å². The first-order valence-electron chi connectivity index (χ1n) is 6.23. The molecule has 1 heterocycles. The number of nitroso groups, excluding NO2 is 1. The quantitative estimate of drug-likeness (QED) is 0.788. The molecule has 4 nitrogen and oxygen atoms in total. The predicted molar refractivity (Wildman–Crippen MR) is 72.0 cm³/mol. The van der Waals surface area contributed by atoms with Crippen molar-refractivity contribution in [2.24, 2.45) is 5.29 Å². The summed E-state index contributed by atoms with van der Waals surface area (Å²) in [6.07, 6.45) is -0.399. The third-order valence-corrected chi connectivity index (χ3v) is 3.33. The Bertz CT molecular complexity index is 497. The van der Waals surface area contributed by atoms with Crippen molar-refractivity contribution < 1.29 is 4.74 Å².